The molecule has 3 unspecified atom stereocenters. The van der Waals surface area contributed by atoms with Crippen LogP contribution in [0.25, 0.3) is 0 Å². The fourth-order valence-corrected chi connectivity index (χ4v) is 2.65. The SMILES string of the molecule is CC(C)C(CC(C)(C)C)C(=O)OCC(F)(OC(F)(F)C(F)(OC(F)(F)C(F)(F)C(F)(F)F)C(F)(F)F)C(F)(F)F. The van der Waals surface area contributed by atoms with E-state index in [0.717, 1.165) is 0 Å². The monoisotopic (exact) mass is 636 g/mol. The van der Waals surface area contributed by atoms with E-state index < -0.39 is 78.2 Å². The van der Waals surface area contributed by atoms with Crippen molar-refractivity contribution in [3.8, 4) is 0 Å². The lowest BCUT2D eigenvalue weighted by atomic mass is 9.80. The molecule has 4 nitrogen and oxygen atoms in total. The van der Waals surface area contributed by atoms with Gasteiger partial charge < -0.3 is 4.74 Å². The van der Waals surface area contributed by atoms with E-state index in [9.17, 15) is 79.4 Å². The number of hydrogen-bond donors (Lipinski definition) is 0. The molecule has 0 N–H and O–H groups in total. The lowest BCUT2D eigenvalue weighted by molar-refractivity contribution is -0.552. The quantitative estimate of drug-likeness (QED) is 0.170. The molecule has 0 saturated carbocycles. The molecular weight excluding hydrogens is 615 g/mol. The predicted octanol–water partition coefficient (Wildman–Crippen LogP) is 8.11. The predicted molar refractivity (Wildman–Crippen MR) is 96.2 cm³/mol. The number of ether oxygens (including phenoxy) is 3. The fourth-order valence-electron chi connectivity index (χ4n) is 2.65. The minimum Gasteiger partial charge on any atom is -0.459 e. The maximum Gasteiger partial charge on any atom is 0.462 e. The molecule has 0 aromatic carbocycles. The fraction of sp³-hybridized carbons (Fsp3) is 0.947. The van der Waals surface area contributed by atoms with Crippen molar-refractivity contribution in [1.82, 2.24) is 0 Å². The first-order valence-corrected chi connectivity index (χ1v) is 10.4. The zero-order valence-electron chi connectivity index (χ0n) is 20.6. The number of hydrogen-bond acceptors (Lipinski definition) is 4. The number of esters is 1. The van der Waals surface area contributed by atoms with Gasteiger partial charge in [-0.25, -0.2) is 0 Å². The molecule has 0 fully saturated rings. The van der Waals surface area contributed by atoms with Gasteiger partial charge in [0.05, 0.1) is 5.92 Å². The zero-order valence-corrected chi connectivity index (χ0v) is 20.6. The molecule has 0 amide bonds. The van der Waals surface area contributed by atoms with Gasteiger partial charge in [0.15, 0.2) is 6.61 Å². The Morgan fingerprint density at radius 2 is 1.05 bits per heavy atom. The van der Waals surface area contributed by atoms with Crippen LogP contribution in [-0.2, 0) is 19.0 Å². The van der Waals surface area contributed by atoms with Crippen LogP contribution in [0.15, 0.2) is 0 Å². The van der Waals surface area contributed by atoms with Crippen LogP contribution in [0.2, 0.25) is 0 Å². The normalized spacial score (nSPS) is 18.8. The van der Waals surface area contributed by atoms with Crippen LogP contribution in [0.5, 0.6) is 0 Å². The smallest absolute Gasteiger partial charge is 0.459 e. The van der Waals surface area contributed by atoms with Gasteiger partial charge in [-0.2, -0.15) is 74.6 Å². The summed E-state index contributed by atoms with van der Waals surface area (Å²) in [5.74, 6) is -26.2. The van der Waals surface area contributed by atoms with E-state index in [0.29, 0.717) is 0 Å². The summed E-state index contributed by atoms with van der Waals surface area (Å²) in [4.78, 5) is 12.2. The van der Waals surface area contributed by atoms with Crippen LogP contribution >= 0.6 is 0 Å². The molecule has 0 radical (unpaired) electrons. The summed E-state index contributed by atoms with van der Waals surface area (Å²) >= 11 is 0. The molecule has 0 aromatic rings. The topological polar surface area (TPSA) is 44.8 Å². The van der Waals surface area contributed by atoms with Crippen LogP contribution in [0.4, 0.5) is 74.6 Å². The molecule has 0 rings (SSSR count). The molecule has 21 heteroatoms. The number of alkyl halides is 17. The average Bonchev–Trinajstić information content (AvgIpc) is 2.65. The van der Waals surface area contributed by atoms with E-state index in [4.69, 9.17) is 0 Å². The van der Waals surface area contributed by atoms with E-state index in [1.807, 2.05) is 0 Å². The van der Waals surface area contributed by atoms with Gasteiger partial charge in [-0.05, 0) is 17.8 Å². The van der Waals surface area contributed by atoms with E-state index in [1.54, 1.807) is 0 Å². The highest BCUT2D eigenvalue weighted by atomic mass is 19.4. The van der Waals surface area contributed by atoms with Crippen molar-refractivity contribution in [2.45, 2.75) is 89.4 Å². The van der Waals surface area contributed by atoms with Gasteiger partial charge in [-0.15, -0.1) is 0 Å². The molecule has 0 spiro atoms. The van der Waals surface area contributed by atoms with Crippen molar-refractivity contribution in [2.24, 2.45) is 17.3 Å². The average molecular weight is 636 g/mol. The summed E-state index contributed by atoms with van der Waals surface area (Å²) in [6.45, 7) is 3.90. The largest absolute Gasteiger partial charge is 0.462 e. The zero-order chi connectivity index (χ0) is 32.8. The molecule has 0 aromatic heterocycles. The second-order valence-corrected chi connectivity index (χ2v) is 9.85. The third-order valence-electron chi connectivity index (χ3n) is 4.78. The molecule has 3 atom stereocenters. The van der Waals surface area contributed by atoms with Crippen molar-refractivity contribution in [3.05, 3.63) is 0 Å². The van der Waals surface area contributed by atoms with Gasteiger partial charge in [-0.3, -0.25) is 14.3 Å². The van der Waals surface area contributed by atoms with Crippen molar-refractivity contribution >= 4 is 5.97 Å². The van der Waals surface area contributed by atoms with Crippen molar-refractivity contribution in [3.63, 3.8) is 0 Å². The van der Waals surface area contributed by atoms with Crippen LogP contribution in [0.3, 0.4) is 0 Å². The summed E-state index contributed by atoms with van der Waals surface area (Å²) < 4.78 is 231. The van der Waals surface area contributed by atoms with Crippen molar-refractivity contribution in [1.29, 1.82) is 0 Å². The summed E-state index contributed by atoms with van der Waals surface area (Å²) in [7, 11) is 0. The lowest BCUT2D eigenvalue weighted by Crippen LogP contribution is -2.67. The maximum atomic E-state index is 14.5. The number of carbonyl (C=O) groups excluding carboxylic acids is 1. The molecular formula is C19H21F17O4. The van der Waals surface area contributed by atoms with Gasteiger partial charge in [0.1, 0.15) is 0 Å². The Morgan fingerprint density at radius 1 is 0.625 bits per heavy atom. The Labute approximate surface area is 214 Å². The highest BCUT2D eigenvalue weighted by Crippen LogP contribution is 2.56. The molecule has 0 aliphatic carbocycles. The second kappa shape index (κ2) is 11.1. The Hall–Kier alpha value is -1.80. The van der Waals surface area contributed by atoms with Crippen LogP contribution in [0.1, 0.15) is 41.0 Å². The third-order valence-corrected chi connectivity index (χ3v) is 4.78. The standard InChI is InChI=1S/C19H21F17O4/c1-8(2)9(6-11(3,4)5)10(37)38-7-12(20,15(24,25)26)39-19(35,36)14(23,17(30,31)32)40-18(33,34)13(21,22)16(27,28)29/h8-9H,6-7H2,1-5H3. The van der Waals surface area contributed by atoms with Crippen LogP contribution < -0.4 is 0 Å². The number of carbonyl (C=O) groups is 1. The van der Waals surface area contributed by atoms with Gasteiger partial charge in [0.25, 0.3) is 0 Å². The summed E-state index contributed by atoms with van der Waals surface area (Å²) in [5.41, 5.74) is -0.782. The maximum absolute atomic E-state index is 14.5. The highest BCUT2D eigenvalue weighted by Gasteiger charge is 2.85. The summed E-state index contributed by atoms with van der Waals surface area (Å²) in [5, 5.41) is 0. The molecule has 40 heavy (non-hydrogen) atoms. The third kappa shape index (κ3) is 8.15. The Bertz CT molecular complexity index is 872. The first kappa shape index (κ1) is 38.2. The summed E-state index contributed by atoms with van der Waals surface area (Å²) in [6.07, 6.45) is -38.4. The first-order valence-electron chi connectivity index (χ1n) is 10.4. The lowest BCUT2D eigenvalue weighted by Gasteiger charge is -2.40. The van der Waals surface area contributed by atoms with E-state index in [1.165, 1.54) is 39.4 Å². The minimum atomic E-state index is -7.99. The van der Waals surface area contributed by atoms with E-state index in [2.05, 4.69) is 9.47 Å². The number of rotatable bonds is 11. The molecule has 0 aliphatic heterocycles. The highest BCUT2D eigenvalue weighted by molar-refractivity contribution is 5.72. The first-order chi connectivity index (χ1) is 17.1. The van der Waals surface area contributed by atoms with Gasteiger partial charge in [-0.1, -0.05) is 34.6 Å². The molecule has 0 aliphatic rings. The Morgan fingerprint density at radius 3 is 1.35 bits per heavy atom. The van der Waals surface area contributed by atoms with Gasteiger partial charge in [0, 0.05) is 0 Å². The van der Waals surface area contributed by atoms with Gasteiger partial charge in [0.2, 0.25) is 0 Å². The molecule has 240 valence electrons. The molecule has 0 saturated heterocycles. The molecule has 0 heterocycles. The number of halogens is 17. The van der Waals surface area contributed by atoms with Crippen molar-refractivity contribution < 1.29 is 93.6 Å². The van der Waals surface area contributed by atoms with Gasteiger partial charge >= 0.3 is 54.3 Å². The Balaban J connectivity index is 6.57. The molecule has 0 bridgehead atoms. The van der Waals surface area contributed by atoms with E-state index in [-0.39, 0.29) is 6.42 Å². The van der Waals surface area contributed by atoms with Crippen LogP contribution in [0, 0.1) is 17.3 Å². The summed E-state index contributed by atoms with van der Waals surface area (Å²) in [6, 6.07) is 0. The Kier molecular flexibility index (Phi) is 10.6. The second-order valence-electron chi connectivity index (χ2n) is 9.85. The minimum absolute atomic E-state index is 0.218. The van der Waals surface area contributed by atoms with E-state index >= 15 is 0 Å². The van der Waals surface area contributed by atoms with Crippen LogP contribution in [-0.4, -0.2) is 61.0 Å². The van der Waals surface area contributed by atoms with Crippen molar-refractivity contribution in [2.75, 3.05) is 6.61 Å².